The lowest BCUT2D eigenvalue weighted by atomic mass is 9.89. The molecule has 1 fully saturated rings. The SMILES string of the molecule is CC(=O)c1c[nH]c(C(=O)N2C[C@@H](C(=O)O)[C@H](c3ccc(Cl)cc3)C2)c1. The van der Waals surface area contributed by atoms with Crippen molar-refractivity contribution < 1.29 is 19.5 Å². The number of aromatic nitrogens is 1. The van der Waals surface area contributed by atoms with Crippen LogP contribution in [0.2, 0.25) is 5.02 Å². The van der Waals surface area contributed by atoms with Gasteiger partial charge in [0.1, 0.15) is 5.69 Å². The Morgan fingerprint density at radius 2 is 1.88 bits per heavy atom. The lowest BCUT2D eigenvalue weighted by molar-refractivity contribution is -0.141. The summed E-state index contributed by atoms with van der Waals surface area (Å²) in [7, 11) is 0. The maximum Gasteiger partial charge on any atom is 0.308 e. The molecule has 1 aromatic heterocycles. The molecule has 130 valence electrons. The first-order chi connectivity index (χ1) is 11.9. The molecule has 0 bridgehead atoms. The van der Waals surface area contributed by atoms with Gasteiger partial charge in [-0.15, -0.1) is 0 Å². The lowest BCUT2D eigenvalue weighted by Gasteiger charge is -2.16. The van der Waals surface area contributed by atoms with Gasteiger partial charge in [-0.2, -0.15) is 0 Å². The molecule has 0 saturated carbocycles. The lowest BCUT2D eigenvalue weighted by Crippen LogP contribution is -2.30. The Kier molecular flexibility index (Phi) is 4.63. The van der Waals surface area contributed by atoms with E-state index >= 15 is 0 Å². The van der Waals surface area contributed by atoms with E-state index in [-0.39, 0.29) is 29.8 Å². The van der Waals surface area contributed by atoms with Crippen molar-refractivity contribution in [3.8, 4) is 0 Å². The number of likely N-dealkylation sites (tertiary alicyclic amines) is 1. The average molecular weight is 361 g/mol. The summed E-state index contributed by atoms with van der Waals surface area (Å²) in [5.74, 6) is -2.38. The van der Waals surface area contributed by atoms with E-state index < -0.39 is 11.9 Å². The first-order valence-electron chi connectivity index (χ1n) is 7.83. The monoisotopic (exact) mass is 360 g/mol. The van der Waals surface area contributed by atoms with Crippen LogP contribution in [0.1, 0.15) is 39.3 Å². The number of hydrogen-bond donors (Lipinski definition) is 2. The third-order valence-corrected chi connectivity index (χ3v) is 4.79. The molecule has 0 aliphatic carbocycles. The average Bonchev–Trinajstić information content (AvgIpc) is 3.22. The summed E-state index contributed by atoms with van der Waals surface area (Å²) >= 11 is 5.89. The van der Waals surface area contributed by atoms with E-state index in [4.69, 9.17) is 11.6 Å². The minimum Gasteiger partial charge on any atom is -0.481 e. The van der Waals surface area contributed by atoms with Crippen molar-refractivity contribution in [3.05, 3.63) is 58.4 Å². The molecule has 25 heavy (non-hydrogen) atoms. The number of nitrogens with one attached hydrogen (secondary N) is 1. The van der Waals surface area contributed by atoms with Crippen molar-refractivity contribution in [1.82, 2.24) is 9.88 Å². The van der Waals surface area contributed by atoms with Crippen LogP contribution in [0.5, 0.6) is 0 Å². The van der Waals surface area contributed by atoms with Crippen LogP contribution in [-0.4, -0.2) is 45.7 Å². The Morgan fingerprint density at radius 3 is 2.44 bits per heavy atom. The Labute approximate surface area is 149 Å². The number of carbonyl (C=O) groups is 3. The fraction of sp³-hybridized carbons (Fsp3) is 0.278. The highest BCUT2D eigenvalue weighted by molar-refractivity contribution is 6.30. The van der Waals surface area contributed by atoms with Crippen molar-refractivity contribution >= 4 is 29.3 Å². The summed E-state index contributed by atoms with van der Waals surface area (Å²) in [6.07, 6.45) is 1.48. The molecule has 1 aliphatic rings. The van der Waals surface area contributed by atoms with Crippen molar-refractivity contribution in [1.29, 1.82) is 0 Å². The van der Waals surface area contributed by atoms with E-state index in [1.165, 1.54) is 24.1 Å². The predicted molar refractivity (Wildman–Crippen MR) is 92.0 cm³/mol. The van der Waals surface area contributed by atoms with Crippen molar-refractivity contribution in [2.24, 2.45) is 5.92 Å². The topological polar surface area (TPSA) is 90.5 Å². The van der Waals surface area contributed by atoms with Gasteiger partial charge in [-0.25, -0.2) is 0 Å². The van der Waals surface area contributed by atoms with E-state index in [2.05, 4.69) is 4.98 Å². The van der Waals surface area contributed by atoms with Gasteiger partial charge in [-0.3, -0.25) is 14.4 Å². The highest BCUT2D eigenvalue weighted by atomic mass is 35.5. The maximum atomic E-state index is 12.7. The van der Waals surface area contributed by atoms with Crippen molar-refractivity contribution in [2.75, 3.05) is 13.1 Å². The van der Waals surface area contributed by atoms with Crippen LogP contribution in [0, 0.1) is 5.92 Å². The summed E-state index contributed by atoms with van der Waals surface area (Å²) < 4.78 is 0. The third-order valence-electron chi connectivity index (χ3n) is 4.54. The zero-order valence-corrected chi connectivity index (χ0v) is 14.3. The fourth-order valence-electron chi connectivity index (χ4n) is 3.16. The molecule has 0 unspecified atom stereocenters. The number of benzene rings is 1. The van der Waals surface area contributed by atoms with E-state index in [0.717, 1.165) is 5.56 Å². The van der Waals surface area contributed by atoms with Crippen LogP contribution < -0.4 is 0 Å². The molecule has 0 spiro atoms. The van der Waals surface area contributed by atoms with Gasteiger partial charge in [0.2, 0.25) is 0 Å². The van der Waals surface area contributed by atoms with Crippen LogP contribution >= 0.6 is 11.6 Å². The second-order valence-corrected chi connectivity index (χ2v) is 6.61. The smallest absolute Gasteiger partial charge is 0.308 e. The molecule has 2 heterocycles. The number of Topliss-reactive ketones (excluding diaryl/α,β-unsaturated/α-hetero) is 1. The van der Waals surface area contributed by atoms with Gasteiger partial charge in [0.15, 0.2) is 5.78 Å². The molecule has 1 aromatic carbocycles. The number of hydrogen-bond acceptors (Lipinski definition) is 3. The fourth-order valence-corrected chi connectivity index (χ4v) is 3.29. The minimum atomic E-state index is -0.939. The highest BCUT2D eigenvalue weighted by Crippen LogP contribution is 2.34. The summed E-state index contributed by atoms with van der Waals surface area (Å²) in [6.45, 7) is 1.84. The first-order valence-corrected chi connectivity index (χ1v) is 8.21. The molecule has 3 rings (SSSR count). The molecule has 7 heteroatoms. The number of ketones is 1. The normalized spacial score (nSPS) is 19.8. The van der Waals surface area contributed by atoms with E-state index in [1.54, 1.807) is 24.3 Å². The number of carbonyl (C=O) groups excluding carboxylic acids is 2. The van der Waals surface area contributed by atoms with Crippen molar-refractivity contribution in [3.63, 3.8) is 0 Å². The standard InChI is InChI=1S/C18H17ClN2O4/c1-10(22)12-6-16(20-7-12)17(23)21-8-14(15(9-21)18(24)25)11-2-4-13(19)5-3-11/h2-7,14-15,20H,8-9H2,1H3,(H,24,25)/t14-,15+/m0/s1. The number of H-pyrrole nitrogens is 1. The van der Waals surface area contributed by atoms with Gasteiger partial charge in [-0.05, 0) is 30.7 Å². The quantitative estimate of drug-likeness (QED) is 0.820. The number of carboxylic acids is 1. The van der Waals surface area contributed by atoms with Crippen LogP contribution in [0.25, 0.3) is 0 Å². The van der Waals surface area contributed by atoms with Gasteiger partial charge < -0.3 is 15.0 Å². The van der Waals surface area contributed by atoms with Gasteiger partial charge in [0, 0.05) is 35.8 Å². The molecule has 1 saturated heterocycles. The van der Waals surface area contributed by atoms with Crippen LogP contribution in [0.3, 0.4) is 0 Å². The molecule has 1 aliphatic heterocycles. The van der Waals surface area contributed by atoms with Crippen LogP contribution in [0.4, 0.5) is 0 Å². The Balaban J connectivity index is 1.83. The number of aromatic amines is 1. The molecule has 0 radical (unpaired) electrons. The maximum absolute atomic E-state index is 12.7. The second-order valence-electron chi connectivity index (χ2n) is 6.17. The third kappa shape index (κ3) is 3.44. The summed E-state index contributed by atoms with van der Waals surface area (Å²) in [5.41, 5.74) is 1.54. The van der Waals surface area contributed by atoms with E-state index in [0.29, 0.717) is 17.1 Å². The van der Waals surface area contributed by atoms with Gasteiger partial charge in [0.05, 0.1) is 5.92 Å². The molecular formula is C18H17ClN2O4. The van der Waals surface area contributed by atoms with Crippen molar-refractivity contribution in [2.45, 2.75) is 12.8 Å². The highest BCUT2D eigenvalue weighted by Gasteiger charge is 2.40. The van der Waals surface area contributed by atoms with Crippen LogP contribution in [0.15, 0.2) is 36.5 Å². The molecule has 6 nitrogen and oxygen atoms in total. The molecule has 2 atom stereocenters. The Hall–Kier alpha value is -2.60. The molecule has 1 amide bonds. The molecule has 2 N–H and O–H groups in total. The Morgan fingerprint density at radius 1 is 1.20 bits per heavy atom. The largest absolute Gasteiger partial charge is 0.481 e. The minimum absolute atomic E-state index is 0.121. The number of halogens is 1. The Bertz CT molecular complexity index is 828. The van der Waals surface area contributed by atoms with Gasteiger partial charge >= 0.3 is 5.97 Å². The second kappa shape index (κ2) is 6.72. The number of rotatable bonds is 4. The number of nitrogens with zero attached hydrogens (tertiary/aromatic N) is 1. The zero-order chi connectivity index (χ0) is 18.1. The van der Waals surface area contributed by atoms with E-state index in [1.807, 2.05) is 0 Å². The number of aliphatic carboxylic acids is 1. The molecule has 2 aromatic rings. The summed E-state index contributed by atoms with van der Waals surface area (Å²) in [6, 6.07) is 8.50. The first kappa shape index (κ1) is 17.2. The van der Waals surface area contributed by atoms with Crippen LogP contribution in [-0.2, 0) is 4.79 Å². The van der Waals surface area contributed by atoms with Gasteiger partial charge in [0.25, 0.3) is 5.91 Å². The summed E-state index contributed by atoms with van der Waals surface area (Å²) in [5, 5.41) is 10.1. The predicted octanol–water partition coefficient (Wildman–Crippen LogP) is 2.81. The van der Waals surface area contributed by atoms with E-state index in [9.17, 15) is 19.5 Å². The van der Waals surface area contributed by atoms with Gasteiger partial charge in [-0.1, -0.05) is 23.7 Å². The zero-order valence-electron chi connectivity index (χ0n) is 13.5. The summed E-state index contributed by atoms with van der Waals surface area (Å²) in [4.78, 5) is 40.0. The number of amides is 1. The number of carboxylic acid groups (broad SMARTS) is 1. The molecular weight excluding hydrogens is 344 g/mol.